The lowest BCUT2D eigenvalue weighted by Gasteiger charge is -2.25. The molecule has 9 heteroatoms. The number of carbonyl (C=O) groups excluding carboxylic acids is 1. The summed E-state index contributed by atoms with van der Waals surface area (Å²) in [6, 6.07) is 0.551. The highest BCUT2D eigenvalue weighted by Crippen LogP contribution is 2.27. The van der Waals surface area contributed by atoms with Crippen LogP contribution >= 0.6 is 0 Å². The van der Waals surface area contributed by atoms with E-state index in [4.69, 9.17) is 5.73 Å². The molecule has 0 bridgehead atoms. The van der Waals surface area contributed by atoms with E-state index in [2.05, 4.69) is 20.5 Å². The maximum Gasteiger partial charge on any atom is 0.276 e. The summed E-state index contributed by atoms with van der Waals surface area (Å²) in [6.45, 7) is 1.07. The second-order valence-electron chi connectivity index (χ2n) is 6.98. The quantitative estimate of drug-likeness (QED) is 0.705. The molecule has 2 aromatic rings. The van der Waals surface area contributed by atoms with Gasteiger partial charge in [-0.1, -0.05) is 5.21 Å². The third-order valence-electron chi connectivity index (χ3n) is 5.36. The summed E-state index contributed by atoms with van der Waals surface area (Å²) in [4.78, 5) is 26.2. The Hall–Kier alpha value is -2.42. The van der Waals surface area contributed by atoms with E-state index in [1.165, 1.54) is 0 Å². The zero-order chi connectivity index (χ0) is 17.4. The Kier molecular flexibility index (Phi) is 4.16. The number of aromatic nitrogens is 5. The zero-order valence-corrected chi connectivity index (χ0v) is 14.1. The minimum atomic E-state index is -0.125. The average Bonchev–Trinajstić information content (AvgIpc) is 3.17. The van der Waals surface area contributed by atoms with Crippen molar-refractivity contribution in [2.45, 2.75) is 50.6 Å². The van der Waals surface area contributed by atoms with Crippen molar-refractivity contribution in [3.8, 4) is 0 Å². The fourth-order valence-electron chi connectivity index (χ4n) is 3.79. The van der Waals surface area contributed by atoms with Crippen LogP contribution in [-0.4, -0.2) is 55.1 Å². The molecule has 4 N–H and O–H groups in total. The summed E-state index contributed by atoms with van der Waals surface area (Å²) in [7, 11) is 0. The lowest BCUT2D eigenvalue weighted by Crippen LogP contribution is -2.34. The van der Waals surface area contributed by atoms with Gasteiger partial charge in [-0.3, -0.25) is 14.7 Å². The molecule has 25 heavy (non-hydrogen) atoms. The van der Waals surface area contributed by atoms with Crippen molar-refractivity contribution >= 4 is 5.91 Å². The first kappa shape index (κ1) is 16.1. The molecular weight excluding hydrogens is 322 g/mol. The Morgan fingerprint density at radius 3 is 2.72 bits per heavy atom. The highest BCUT2D eigenvalue weighted by molar-refractivity contribution is 5.92. The molecule has 1 aliphatic carbocycles. The minimum absolute atomic E-state index is 0.0919. The molecule has 1 saturated carbocycles. The first-order valence-electron chi connectivity index (χ1n) is 8.87. The molecule has 9 nitrogen and oxygen atoms in total. The highest BCUT2D eigenvalue weighted by atomic mass is 16.2. The largest absolute Gasteiger partial charge is 0.336 e. The third kappa shape index (κ3) is 3.11. The number of hydrogen-bond acceptors (Lipinski definition) is 5. The van der Waals surface area contributed by atoms with Crippen LogP contribution in [0.25, 0.3) is 0 Å². The van der Waals surface area contributed by atoms with Gasteiger partial charge in [0.2, 0.25) is 0 Å². The van der Waals surface area contributed by atoms with E-state index in [0.717, 1.165) is 36.9 Å². The van der Waals surface area contributed by atoms with E-state index in [-0.39, 0.29) is 23.6 Å². The van der Waals surface area contributed by atoms with Gasteiger partial charge in [0.05, 0.1) is 12.2 Å². The number of nitrogens with zero attached hydrogens (tertiary/aromatic N) is 4. The normalized spacial score (nSPS) is 24.0. The second-order valence-corrected chi connectivity index (χ2v) is 6.98. The lowest BCUT2D eigenvalue weighted by atomic mass is 9.92. The molecule has 1 fully saturated rings. The number of rotatable bonds is 2. The van der Waals surface area contributed by atoms with Crippen LogP contribution in [0.5, 0.6) is 0 Å². The van der Waals surface area contributed by atoms with Gasteiger partial charge in [0.15, 0.2) is 5.69 Å². The molecule has 1 aliphatic heterocycles. The molecule has 4 rings (SSSR count). The van der Waals surface area contributed by atoms with E-state index in [0.29, 0.717) is 31.6 Å². The predicted octanol–water partition coefficient (Wildman–Crippen LogP) is -0.0221. The van der Waals surface area contributed by atoms with E-state index in [9.17, 15) is 9.59 Å². The van der Waals surface area contributed by atoms with Crippen LogP contribution in [0.3, 0.4) is 0 Å². The summed E-state index contributed by atoms with van der Waals surface area (Å²) < 4.78 is 1.81. The smallest absolute Gasteiger partial charge is 0.276 e. The molecular formula is C16H23N7O2. The van der Waals surface area contributed by atoms with Gasteiger partial charge in [-0.05, 0) is 32.1 Å². The predicted molar refractivity (Wildman–Crippen MR) is 90.2 cm³/mol. The van der Waals surface area contributed by atoms with Crippen LogP contribution in [0.1, 0.15) is 53.5 Å². The molecule has 0 unspecified atom stereocenters. The summed E-state index contributed by atoms with van der Waals surface area (Å²) in [5.74, 6) is -0.125. The topological polar surface area (TPSA) is 126 Å². The molecule has 0 atom stereocenters. The molecule has 1 amide bonds. The SMILES string of the molecule is NC1CCC(n2cc(C(=O)N3CCc4[nH][nH]c(=O)c4CC3)nn2)CC1. The number of amides is 1. The van der Waals surface area contributed by atoms with Gasteiger partial charge in [0.25, 0.3) is 11.5 Å². The Morgan fingerprint density at radius 1 is 1.16 bits per heavy atom. The standard InChI is InChI=1S/C16H23N7O2/c17-10-1-3-11(4-2-10)23-9-14(19-21-23)16(25)22-7-5-12-13(6-8-22)18-20-15(12)24/h9-11H,1-8,17H2,(H2,18,20,24). The van der Waals surface area contributed by atoms with Crippen molar-refractivity contribution < 1.29 is 4.79 Å². The number of nitrogens with two attached hydrogens (primary N) is 1. The second kappa shape index (κ2) is 6.47. The first-order chi connectivity index (χ1) is 12.1. The van der Waals surface area contributed by atoms with E-state index in [1.807, 2.05) is 4.68 Å². The molecule has 2 aliphatic rings. The molecule has 0 aromatic carbocycles. The molecule has 3 heterocycles. The van der Waals surface area contributed by atoms with Gasteiger partial charge in [-0.25, -0.2) is 4.68 Å². The number of aromatic amines is 2. The van der Waals surface area contributed by atoms with Gasteiger partial charge in [-0.2, -0.15) is 0 Å². The van der Waals surface area contributed by atoms with Gasteiger partial charge >= 0.3 is 0 Å². The van der Waals surface area contributed by atoms with Crippen molar-refractivity contribution in [3.05, 3.63) is 33.5 Å². The molecule has 0 radical (unpaired) electrons. The number of fused-ring (bicyclic) bond motifs is 1. The maximum absolute atomic E-state index is 12.8. The number of hydrogen-bond donors (Lipinski definition) is 3. The van der Waals surface area contributed by atoms with E-state index in [1.54, 1.807) is 11.1 Å². The van der Waals surface area contributed by atoms with Gasteiger partial charge < -0.3 is 15.7 Å². The molecule has 0 spiro atoms. The Morgan fingerprint density at radius 2 is 1.92 bits per heavy atom. The lowest BCUT2D eigenvalue weighted by molar-refractivity contribution is 0.0756. The Bertz CT molecular complexity index is 813. The number of carbonyl (C=O) groups is 1. The maximum atomic E-state index is 12.8. The van der Waals surface area contributed by atoms with Gasteiger partial charge in [-0.15, -0.1) is 5.10 Å². The van der Waals surface area contributed by atoms with Gasteiger partial charge in [0.1, 0.15) is 0 Å². The van der Waals surface area contributed by atoms with Crippen molar-refractivity contribution in [1.29, 1.82) is 0 Å². The number of H-pyrrole nitrogens is 2. The van der Waals surface area contributed by atoms with Crippen molar-refractivity contribution in [2.75, 3.05) is 13.1 Å². The van der Waals surface area contributed by atoms with E-state index >= 15 is 0 Å². The Labute approximate surface area is 144 Å². The molecule has 0 saturated heterocycles. The average molecular weight is 345 g/mol. The van der Waals surface area contributed by atoms with Crippen LogP contribution in [-0.2, 0) is 12.8 Å². The first-order valence-corrected chi connectivity index (χ1v) is 8.87. The summed E-state index contributed by atoms with van der Waals surface area (Å²) in [6.07, 6.45) is 6.83. The minimum Gasteiger partial charge on any atom is -0.336 e. The summed E-state index contributed by atoms with van der Waals surface area (Å²) in [5, 5.41) is 13.8. The zero-order valence-electron chi connectivity index (χ0n) is 14.1. The fourth-order valence-corrected chi connectivity index (χ4v) is 3.79. The van der Waals surface area contributed by atoms with Crippen molar-refractivity contribution in [2.24, 2.45) is 5.73 Å². The van der Waals surface area contributed by atoms with Crippen LogP contribution in [0.4, 0.5) is 0 Å². The highest BCUT2D eigenvalue weighted by Gasteiger charge is 2.26. The van der Waals surface area contributed by atoms with Gasteiger partial charge in [0, 0.05) is 36.8 Å². The Balaban J connectivity index is 1.44. The fraction of sp³-hybridized carbons (Fsp3) is 0.625. The molecule has 2 aromatic heterocycles. The van der Waals surface area contributed by atoms with Crippen LogP contribution in [0.15, 0.2) is 11.0 Å². The van der Waals surface area contributed by atoms with E-state index < -0.39 is 0 Å². The monoisotopic (exact) mass is 345 g/mol. The van der Waals surface area contributed by atoms with Crippen LogP contribution < -0.4 is 11.3 Å². The number of nitrogens with one attached hydrogen (secondary N) is 2. The van der Waals surface area contributed by atoms with Crippen molar-refractivity contribution in [1.82, 2.24) is 30.1 Å². The summed E-state index contributed by atoms with van der Waals surface area (Å²) >= 11 is 0. The van der Waals surface area contributed by atoms with Crippen LogP contribution in [0.2, 0.25) is 0 Å². The third-order valence-corrected chi connectivity index (χ3v) is 5.36. The van der Waals surface area contributed by atoms with Crippen LogP contribution in [0, 0.1) is 0 Å². The van der Waals surface area contributed by atoms with Crippen molar-refractivity contribution in [3.63, 3.8) is 0 Å². The molecule has 134 valence electrons. The summed E-state index contributed by atoms with van der Waals surface area (Å²) in [5.41, 5.74) is 7.86.